The van der Waals surface area contributed by atoms with Crippen LogP contribution in [-0.2, 0) is 11.3 Å². The van der Waals surface area contributed by atoms with Crippen LogP contribution in [0.4, 0.5) is 0 Å². The van der Waals surface area contributed by atoms with Gasteiger partial charge < -0.3 is 4.52 Å². The first kappa shape index (κ1) is 11.8. The van der Waals surface area contributed by atoms with E-state index in [9.17, 15) is 4.79 Å². The number of aromatic nitrogens is 2. The molecule has 0 aliphatic rings. The van der Waals surface area contributed by atoms with Gasteiger partial charge in [-0.25, -0.2) is 0 Å². The van der Waals surface area contributed by atoms with Crippen LogP contribution in [0.2, 0.25) is 0 Å². The topological polar surface area (TPSA) is 47.0 Å². The van der Waals surface area contributed by atoms with E-state index in [0.29, 0.717) is 6.54 Å². The molecule has 1 aromatic carbocycles. The van der Waals surface area contributed by atoms with Crippen molar-refractivity contribution in [2.75, 3.05) is 0 Å². The smallest absolute Gasteiger partial charge is 0.275 e. The zero-order chi connectivity index (χ0) is 13.1. The molecule has 0 atom stereocenters. The van der Waals surface area contributed by atoms with Crippen molar-refractivity contribution in [3.63, 3.8) is 0 Å². The van der Waals surface area contributed by atoms with Gasteiger partial charge in [0, 0.05) is 5.56 Å². The van der Waals surface area contributed by atoms with Crippen molar-refractivity contribution in [3.05, 3.63) is 48.2 Å². The lowest BCUT2D eigenvalue weighted by Crippen LogP contribution is -2.33. The Bertz CT molecular complexity index is 688. The number of nitrogens with zero attached hydrogens (tertiary/aromatic N) is 2. The lowest BCUT2D eigenvalue weighted by Gasteiger charge is -1.97. The van der Waals surface area contributed by atoms with Gasteiger partial charge in [-0.3, -0.25) is 4.79 Å². The van der Waals surface area contributed by atoms with E-state index >= 15 is 0 Å². The Hall–Kier alpha value is -2.27. The molecule has 5 heteroatoms. The highest BCUT2D eigenvalue weighted by Crippen LogP contribution is 2.31. The van der Waals surface area contributed by atoms with Gasteiger partial charge in [-0.2, -0.15) is 4.57 Å². The highest BCUT2D eigenvalue weighted by molar-refractivity contribution is 7.12. The lowest BCUT2D eigenvalue weighted by atomic mass is 10.1. The van der Waals surface area contributed by atoms with Crippen LogP contribution in [0, 0.1) is 0 Å². The summed E-state index contributed by atoms with van der Waals surface area (Å²) in [5.41, 5.74) is 2.70. The summed E-state index contributed by atoms with van der Waals surface area (Å²) in [6.45, 7) is 0.332. The van der Waals surface area contributed by atoms with Crippen molar-refractivity contribution in [1.82, 2.24) is 5.16 Å². The second-order valence-corrected chi connectivity index (χ2v) is 4.86. The molecular weight excluding hydrogens is 260 g/mol. The van der Waals surface area contributed by atoms with Gasteiger partial charge in [0.2, 0.25) is 6.54 Å². The van der Waals surface area contributed by atoms with Crippen molar-refractivity contribution < 1.29 is 13.9 Å². The number of aldehydes is 1. The molecule has 2 heterocycles. The first-order chi connectivity index (χ1) is 9.40. The Morgan fingerprint density at radius 3 is 2.95 bits per heavy atom. The van der Waals surface area contributed by atoms with E-state index < -0.39 is 0 Å². The van der Waals surface area contributed by atoms with Gasteiger partial charge in [-0.15, -0.1) is 0 Å². The fourth-order valence-corrected chi connectivity index (χ4v) is 2.82. The number of carbonyl (C=O) groups excluding carboxylic acids is 1. The molecule has 0 aliphatic heterocycles. The van der Waals surface area contributed by atoms with E-state index in [1.54, 1.807) is 17.6 Å². The maximum Gasteiger partial charge on any atom is 0.275 e. The molecule has 0 saturated carbocycles. The van der Waals surface area contributed by atoms with Crippen molar-refractivity contribution in [2.24, 2.45) is 0 Å². The van der Waals surface area contributed by atoms with Gasteiger partial charge in [0.15, 0.2) is 12.5 Å². The van der Waals surface area contributed by atoms with E-state index in [1.807, 2.05) is 46.5 Å². The van der Waals surface area contributed by atoms with Gasteiger partial charge in [0.25, 0.3) is 5.01 Å². The normalized spacial score (nSPS) is 10.5. The average molecular weight is 271 g/mol. The number of benzene rings is 1. The summed E-state index contributed by atoms with van der Waals surface area (Å²) >= 11 is 1.56. The predicted octanol–water partition coefficient (Wildman–Crippen LogP) is 2.56. The number of hydrogen-bond acceptors (Lipinski definition) is 4. The van der Waals surface area contributed by atoms with Gasteiger partial charge in [-0.1, -0.05) is 46.8 Å². The van der Waals surface area contributed by atoms with E-state index in [1.165, 1.54) is 0 Å². The molecule has 0 saturated heterocycles. The van der Waals surface area contributed by atoms with Gasteiger partial charge >= 0.3 is 0 Å². The fraction of sp³-hybridized carbons (Fsp3) is 0.0714. The van der Waals surface area contributed by atoms with Crippen LogP contribution < -0.4 is 4.57 Å². The largest absolute Gasteiger partial charge is 0.363 e. The molecule has 0 amide bonds. The van der Waals surface area contributed by atoms with Gasteiger partial charge in [-0.05, 0) is 0 Å². The molecule has 0 bridgehead atoms. The minimum absolute atomic E-state index is 0.332. The predicted molar refractivity (Wildman–Crippen MR) is 71.5 cm³/mol. The van der Waals surface area contributed by atoms with Crippen LogP contribution in [0.3, 0.4) is 0 Å². The summed E-state index contributed by atoms with van der Waals surface area (Å²) in [7, 11) is 0. The number of hydrogen-bond donors (Lipinski definition) is 0. The first-order valence-electron chi connectivity index (χ1n) is 5.81. The van der Waals surface area contributed by atoms with E-state index in [4.69, 9.17) is 4.52 Å². The number of rotatable bonds is 4. The summed E-state index contributed by atoms with van der Waals surface area (Å²) in [5, 5.41) is 6.98. The summed E-state index contributed by atoms with van der Waals surface area (Å²) in [6, 6.07) is 9.85. The summed E-state index contributed by atoms with van der Waals surface area (Å²) in [5.74, 6) is 0. The van der Waals surface area contributed by atoms with Crippen LogP contribution in [0.1, 0.15) is 0 Å². The molecule has 0 spiro atoms. The average Bonchev–Trinajstić information content (AvgIpc) is 3.08. The van der Waals surface area contributed by atoms with E-state index in [0.717, 1.165) is 28.1 Å². The van der Waals surface area contributed by atoms with Crippen LogP contribution in [0.25, 0.3) is 21.8 Å². The molecule has 0 N–H and O–H groups in total. The highest BCUT2D eigenvalue weighted by atomic mass is 32.1. The maximum atomic E-state index is 10.7. The van der Waals surface area contributed by atoms with Crippen LogP contribution >= 0.6 is 11.3 Å². The number of thiazole rings is 1. The molecular formula is C14H11N2O2S+. The van der Waals surface area contributed by atoms with Crippen molar-refractivity contribution >= 4 is 17.6 Å². The Morgan fingerprint density at radius 1 is 1.32 bits per heavy atom. The standard InChI is InChI=1S/C14H11N2O2S/c17-8-6-16-7-9-19-14(16)12-10-18-15-13(12)11-4-2-1-3-5-11/h1-5,7-10H,6H2/q+1. The molecule has 94 valence electrons. The third-order valence-corrected chi connectivity index (χ3v) is 3.74. The third kappa shape index (κ3) is 2.20. The molecule has 19 heavy (non-hydrogen) atoms. The van der Waals surface area contributed by atoms with Gasteiger partial charge in [0.05, 0.1) is 5.38 Å². The summed E-state index contributed by atoms with van der Waals surface area (Å²) in [4.78, 5) is 10.7. The fourth-order valence-electron chi connectivity index (χ4n) is 1.94. The van der Waals surface area contributed by atoms with Crippen LogP contribution in [0.5, 0.6) is 0 Å². The minimum Gasteiger partial charge on any atom is -0.363 e. The molecule has 4 nitrogen and oxygen atoms in total. The second kappa shape index (κ2) is 5.16. The summed E-state index contributed by atoms with van der Waals surface area (Å²) < 4.78 is 7.00. The third-order valence-electron chi connectivity index (χ3n) is 2.80. The molecule has 0 fully saturated rings. The molecule has 0 radical (unpaired) electrons. The molecule has 3 rings (SSSR count). The molecule has 3 aromatic rings. The monoisotopic (exact) mass is 271 g/mol. The maximum absolute atomic E-state index is 10.7. The quantitative estimate of drug-likeness (QED) is 0.541. The highest BCUT2D eigenvalue weighted by Gasteiger charge is 2.22. The van der Waals surface area contributed by atoms with Crippen molar-refractivity contribution in [2.45, 2.75) is 6.54 Å². The second-order valence-electron chi connectivity index (χ2n) is 3.97. The molecule has 0 unspecified atom stereocenters. The summed E-state index contributed by atoms with van der Waals surface area (Å²) in [6.07, 6.45) is 4.39. The molecule has 0 aliphatic carbocycles. The SMILES string of the molecule is O=CC[n+]1ccsc1-c1conc1-c1ccccc1. The molecule has 2 aromatic heterocycles. The van der Waals surface area contributed by atoms with Crippen molar-refractivity contribution in [1.29, 1.82) is 0 Å². The van der Waals surface area contributed by atoms with Crippen molar-refractivity contribution in [3.8, 4) is 21.8 Å². The zero-order valence-electron chi connectivity index (χ0n) is 10.0. The van der Waals surface area contributed by atoms with E-state index in [2.05, 4.69) is 5.16 Å². The Morgan fingerprint density at radius 2 is 2.16 bits per heavy atom. The Balaban J connectivity index is 2.10. The van der Waals surface area contributed by atoms with Crippen LogP contribution in [-0.4, -0.2) is 11.4 Å². The first-order valence-corrected chi connectivity index (χ1v) is 6.69. The minimum atomic E-state index is 0.332. The Kier molecular flexibility index (Phi) is 3.20. The van der Waals surface area contributed by atoms with E-state index in [-0.39, 0.29) is 0 Å². The number of carbonyl (C=O) groups is 1. The van der Waals surface area contributed by atoms with Crippen LogP contribution in [0.15, 0.2) is 52.7 Å². The van der Waals surface area contributed by atoms with Gasteiger partial charge in [0.1, 0.15) is 17.5 Å². The Labute approximate surface area is 113 Å². The lowest BCUT2D eigenvalue weighted by molar-refractivity contribution is -0.667. The zero-order valence-corrected chi connectivity index (χ0v) is 10.8.